The highest BCUT2D eigenvalue weighted by atomic mass is 19.1. The molecule has 1 aromatic heterocycles. The van der Waals surface area contributed by atoms with Gasteiger partial charge in [-0.1, -0.05) is 0 Å². The summed E-state index contributed by atoms with van der Waals surface area (Å²) in [6.07, 6.45) is 1.53. The zero-order valence-corrected chi connectivity index (χ0v) is 10.7. The smallest absolute Gasteiger partial charge is 0.254 e. The third kappa shape index (κ3) is 3.28. The van der Waals surface area contributed by atoms with Crippen LogP contribution in [-0.2, 0) is 6.54 Å². The molecule has 0 aliphatic rings. The third-order valence-electron chi connectivity index (χ3n) is 2.63. The van der Waals surface area contributed by atoms with E-state index in [9.17, 15) is 13.6 Å². The van der Waals surface area contributed by atoms with Crippen LogP contribution in [0.4, 0.5) is 8.78 Å². The number of amides is 1. The Morgan fingerprint density at radius 3 is 2.85 bits per heavy atom. The number of hydrogen-bond donors (Lipinski definition) is 1. The van der Waals surface area contributed by atoms with E-state index in [2.05, 4.69) is 10.3 Å². The molecule has 20 heavy (non-hydrogen) atoms. The maximum atomic E-state index is 13.4. The van der Waals surface area contributed by atoms with Gasteiger partial charge in [-0.2, -0.15) is 0 Å². The number of rotatable bonds is 4. The van der Waals surface area contributed by atoms with Gasteiger partial charge in [0.15, 0.2) is 0 Å². The van der Waals surface area contributed by atoms with Crippen LogP contribution in [0.3, 0.4) is 0 Å². The Hall–Kier alpha value is -2.50. The van der Waals surface area contributed by atoms with E-state index in [1.165, 1.54) is 13.3 Å². The van der Waals surface area contributed by atoms with Gasteiger partial charge >= 0.3 is 0 Å². The lowest BCUT2D eigenvalue weighted by Crippen LogP contribution is -2.24. The van der Waals surface area contributed by atoms with Gasteiger partial charge in [0.25, 0.3) is 5.91 Å². The number of aromatic nitrogens is 1. The Kier molecular flexibility index (Phi) is 4.24. The Bertz CT molecular complexity index is 632. The van der Waals surface area contributed by atoms with E-state index in [0.29, 0.717) is 5.88 Å². The SMILES string of the molecule is COc1cc(CNC(=O)c2cc(F)ccc2F)ccn1. The number of carbonyl (C=O) groups is 1. The van der Waals surface area contributed by atoms with Crippen molar-refractivity contribution in [2.24, 2.45) is 0 Å². The van der Waals surface area contributed by atoms with Crippen molar-refractivity contribution in [2.45, 2.75) is 6.54 Å². The third-order valence-corrected chi connectivity index (χ3v) is 2.63. The molecule has 1 heterocycles. The first-order valence-corrected chi connectivity index (χ1v) is 5.82. The Balaban J connectivity index is 2.06. The van der Waals surface area contributed by atoms with Crippen LogP contribution in [0.25, 0.3) is 0 Å². The van der Waals surface area contributed by atoms with Gasteiger partial charge in [-0.25, -0.2) is 13.8 Å². The van der Waals surface area contributed by atoms with Gasteiger partial charge in [-0.3, -0.25) is 4.79 Å². The molecule has 0 bridgehead atoms. The van der Waals surface area contributed by atoms with Gasteiger partial charge in [0.2, 0.25) is 5.88 Å². The monoisotopic (exact) mass is 278 g/mol. The van der Waals surface area contributed by atoms with Gasteiger partial charge < -0.3 is 10.1 Å². The van der Waals surface area contributed by atoms with Crippen LogP contribution in [0.2, 0.25) is 0 Å². The molecule has 0 unspecified atom stereocenters. The van der Waals surface area contributed by atoms with Gasteiger partial charge in [-0.15, -0.1) is 0 Å². The molecule has 0 saturated carbocycles. The summed E-state index contributed by atoms with van der Waals surface area (Å²) < 4.78 is 31.4. The molecular weight excluding hydrogens is 266 g/mol. The van der Waals surface area contributed by atoms with E-state index >= 15 is 0 Å². The molecule has 1 N–H and O–H groups in total. The quantitative estimate of drug-likeness (QED) is 0.933. The largest absolute Gasteiger partial charge is 0.481 e. The van der Waals surface area contributed by atoms with Crippen LogP contribution in [-0.4, -0.2) is 18.0 Å². The summed E-state index contributed by atoms with van der Waals surface area (Å²) in [6, 6.07) is 6.06. The molecule has 2 rings (SSSR count). The van der Waals surface area contributed by atoms with Gasteiger partial charge in [0.05, 0.1) is 12.7 Å². The fraction of sp³-hybridized carbons (Fsp3) is 0.143. The van der Waals surface area contributed by atoms with Crippen LogP contribution in [0.5, 0.6) is 5.88 Å². The van der Waals surface area contributed by atoms with E-state index in [-0.39, 0.29) is 12.1 Å². The van der Waals surface area contributed by atoms with Crippen molar-refractivity contribution < 1.29 is 18.3 Å². The fourth-order valence-electron chi connectivity index (χ4n) is 1.62. The maximum absolute atomic E-state index is 13.4. The molecule has 1 aromatic carbocycles. The van der Waals surface area contributed by atoms with Crippen molar-refractivity contribution in [3.63, 3.8) is 0 Å². The van der Waals surface area contributed by atoms with Crippen molar-refractivity contribution in [3.8, 4) is 5.88 Å². The molecule has 0 radical (unpaired) electrons. The average molecular weight is 278 g/mol. The number of methoxy groups -OCH3 is 1. The lowest BCUT2D eigenvalue weighted by molar-refractivity contribution is 0.0946. The van der Waals surface area contributed by atoms with Crippen molar-refractivity contribution in [1.29, 1.82) is 0 Å². The highest BCUT2D eigenvalue weighted by Gasteiger charge is 2.12. The summed E-state index contributed by atoms with van der Waals surface area (Å²) in [5.41, 5.74) is 0.410. The number of hydrogen-bond acceptors (Lipinski definition) is 3. The van der Waals surface area contributed by atoms with Gasteiger partial charge in [-0.05, 0) is 29.8 Å². The first kappa shape index (κ1) is 13.9. The first-order valence-electron chi connectivity index (χ1n) is 5.82. The summed E-state index contributed by atoms with van der Waals surface area (Å²) in [5, 5.41) is 2.51. The van der Waals surface area contributed by atoms with Crippen molar-refractivity contribution >= 4 is 5.91 Å². The second-order valence-electron chi connectivity index (χ2n) is 4.01. The summed E-state index contributed by atoms with van der Waals surface area (Å²) >= 11 is 0. The molecule has 2 aromatic rings. The molecule has 0 fully saturated rings. The van der Waals surface area contributed by atoms with Crippen LogP contribution in [0.1, 0.15) is 15.9 Å². The number of halogens is 2. The average Bonchev–Trinajstić information content (AvgIpc) is 2.47. The molecule has 0 aliphatic carbocycles. The Morgan fingerprint density at radius 2 is 2.10 bits per heavy atom. The van der Waals surface area contributed by atoms with E-state index in [4.69, 9.17) is 4.74 Å². The molecule has 0 aliphatic heterocycles. The standard InChI is InChI=1S/C14H12F2N2O2/c1-20-13-6-9(4-5-17-13)8-18-14(19)11-7-10(15)2-3-12(11)16/h2-7H,8H2,1H3,(H,18,19). The summed E-state index contributed by atoms with van der Waals surface area (Å²) in [5.74, 6) is -1.70. The lowest BCUT2D eigenvalue weighted by atomic mass is 10.2. The highest BCUT2D eigenvalue weighted by molar-refractivity contribution is 5.94. The number of nitrogens with one attached hydrogen (secondary N) is 1. The minimum atomic E-state index is -0.767. The highest BCUT2D eigenvalue weighted by Crippen LogP contribution is 2.11. The summed E-state index contributed by atoms with van der Waals surface area (Å²) in [4.78, 5) is 15.7. The zero-order valence-electron chi connectivity index (χ0n) is 10.7. The van der Waals surface area contributed by atoms with Crippen molar-refractivity contribution in [1.82, 2.24) is 10.3 Å². The molecule has 6 heteroatoms. The maximum Gasteiger partial charge on any atom is 0.254 e. The lowest BCUT2D eigenvalue weighted by Gasteiger charge is -2.07. The van der Waals surface area contributed by atoms with E-state index in [1.807, 2.05) is 0 Å². The van der Waals surface area contributed by atoms with E-state index in [0.717, 1.165) is 23.8 Å². The number of nitrogens with zero attached hydrogens (tertiary/aromatic N) is 1. The molecule has 1 amide bonds. The molecule has 0 saturated heterocycles. The van der Waals surface area contributed by atoms with Crippen LogP contribution >= 0.6 is 0 Å². The normalized spacial score (nSPS) is 10.2. The minimum Gasteiger partial charge on any atom is -0.481 e. The summed E-state index contributed by atoms with van der Waals surface area (Å²) in [7, 11) is 1.48. The van der Waals surface area contributed by atoms with Crippen molar-refractivity contribution in [2.75, 3.05) is 7.11 Å². The second kappa shape index (κ2) is 6.10. The number of pyridine rings is 1. The minimum absolute atomic E-state index is 0.160. The Morgan fingerprint density at radius 1 is 1.30 bits per heavy atom. The van der Waals surface area contributed by atoms with E-state index < -0.39 is 17.5 Å². The second-order valence-corrected chi connectivity index (χ2v) is 4.01. The fourth-order valence-corrected chi connectivity index (χ4v) is 1.62. The summed E-state index contributed by atoms with van der Waals surface area (Å²) in [6.45, 7) is 0.160. The number of benzene rings is 1. The van der Waals surface area contributed by atoms with Crippen LogP contribution in [0.15, 0.2) is 36.5 Å². The number of carbonyl (C=O) groups excluding carboxylic acids is 1. The molecule has 0 atom stereocenters. The van der Waals surface area contributed by atoms with Crippen LogP contribution in [0, 0.1) is 11.6 Å². The molecular formula is C14H12F2N2O2. The Labute approximate surface area is 114 Å². The predicted octanol–water partition coefficient (Wildman–Crippen LogP) is 2.30. The van der Waals surface area contributed by atoms with Crippen molar-refractivity contribution in [3.05, 3.63) is 59.3 Å². The zero-order chi connectivity index (χ0) is 14.5. The topological polar surface area (TPSA) is 51.2 Å². The molecule has 104 valence electrons. The van der Waals surface area contributed by atoms with Gasteiger partial charge in [0, 0.05) is 18.8 Å². The predicted molar refractivity (Wildman–Crippen MR) is 68.3 cm³/mol. The number of ether oxygens (including phenoxy) is 1. The van der Waals surface area contributed by atoms with E-state index in [1.54, 1.807) is 12.1 Å². The van der Waals surface area contributed by atoms with Crippen LogP contribution < -0.4 is 10.1 Å². The van der Waals surface area contributed by atoms with Gasteiger partial charge in [0.1, 0.15) is 11.6 Å². The molecule has 0 spiro atoms. The molecule has 4 nitrogen and oxygen atoms in total. The first-order chi connectivity index (χ1) is 9.60.